The number of esters is 1. The molecule has 0 saturated carbocycles. The third-order valence-electron chi connectivity index (χ3n) is 7.63. The predicted molar refractivity (Wildman–Crippen MR) is 140 cm³/mol. The molecule has 212 valence electrons. The number of carbonyl (C=O) groups excluding carboxylic acids is 3. The zero-order chi connectivity index (χ0) is 28.6. The minimum absolute atomic E-state index is 0.0489. The van der Waals surface area contributed by atoms with Crippen molar-refractivity contribution in [2.75, 3.05) is 26.4 Å². The Morgan fingerprint density at radius 2 is 1.62 bits per heavy atom. The van der Waals surface area contributed by atoms with Crippen LogP contribution in [0.15, 0.2) is 60.0 Å². The molecule has 1 amide bonds. The number of piperazine rings is 1. The van der Waals surface area contributed by atoms with Gasteiger partial charge in [0, 0.05) is 6.54 Å². The van der Waals surface area contributed by atoms with Gasteiger partial charge in [-0.3, -0.25) is 19.4 Å². The van der Waals surface area contributed by atoms with E-state index in [4.69, 9.17) is 15.2 Å². The smallest absolute Gasteiger partial charge is 0.326 e. The summed E-state index contributed by atoms with van der Waals surface area (Å²) in [4.78, 5) is 41.3. The van der Waals surface area contributed by atoms with Gasteiger partial charge < -0.3 is 20.1 Å². The van der Waals surface area contributed by atoms with E-state index in [0.29, 0.717) is 24.2 Å². The Hall–Kier alpha value is -3.83. The summed E-state index contributed by atoms with van der Waals surface area (Å²) in [7, 11) is 0. The van der Waals surface area contributed by atoms with Crippen LogP contribution in [0.5, 0.6) is 0 Å². The highest BCUT2D eigenvalue weighted by Crippen LogP contribution is 2.39. The lowest BCUT2D eigenvalue weighted by Gasteiger charge is -2.50. The van der Waals surface area contributed by atoms with Crippen molar-refractivity contribution < 1.29 is 32.6 Å². The van der Waals surface area contributed by atoms with E-state index in [0.717, 1.165) is 12.8 Å². The Kier molecular flexibility index (Phi) is 7.86. The molecule has 2 fully saturated rings. The van der Waals surface area contributed by atoms with E-state index in [-0.39, 0.29) is 35.9 Å². The van der Waals surface area contributed by atoms with E-state index in [1.54, 1.807) is 53.0 Å². The minimum atomic E-state index is -0.857. The summed E-state index contributed by atoms with van der Waals surface area (Å²) in [6.45, 7) is 3.75. The Bertz CT molecular complexity index is 1270. The molecule has 2 N–H and O–H groups in total. The quantitative estimate of drug-likeness (QED) is 0.393. The number of hydrogen-bond donors (Lipinski definition) is 1. The molecule has 9 nitrogen and oxygen atoms in total. The average molecular weight is 555 g/mol. The summed E-state index contributed by atoms with van der Waals surface area (Å²) >= 11 is 0. The number of hydrazine groups is 1. The number of nitrogens with zero attached hydrogens (tertiary/aromatic N) is 3. The van der Waals surface area contributed by atoms with Gasteiger partial charge in [-0.15, -0.1) is 0 Å². The Balaban J connectivity index is 1.53. The van der Waals surface area contributed by atoms with Gasteiger partial charge in [-0.25, -0.2) is 13.8 Å². The third-order valence-corrected chi connectivity index (χ3v) is 7.63. The normalized spacial score (nSPS) is 20.2. The third kappa shape index (κ3) is 5.31. The van der Waals surface area contributed by atoms with E-state index >= 15 is 0 Å². The van der Waals surface area contributed by atoms with E-state index in [2.05, 4.69) is 0 Å². The van der Waals surface area contributed by atoms with Crippen molar-refractivity contribution in [1.29, 1.82) is 0 Å². The monoisotopic (exact) mass is 554 g/mol. The van der Waals surface area contributed by atoms with Crippen LogP contribution in [0, 0.1) is 17.6 Å². The highest BCUT2D eigenvalue weighted by atomic mass is 19.1. The molecule has 2 aromatic carbocycles. The fourth-order valence-electron chi connectivity index (χ4n) is 5.44. The van der Waals surface area contributed by atoms with E-state index in [9.17, 15) is 23.2 Å². The molecule has 2 atom stereocenters. The summed E-state index contributed by atoms with van der Waals surface area (Å²) < 4.78 is 38.5. The number of hydrogen-bond acceptors (Lipinski definition) is 8. The zero-order valence-corrected chi connectivity index (χ0v) is 22.4. The average Bonchev–Trinajstić information content (AvgIpc) is 3.41. The maximum atomic E-state index is 13.9. The second-order valence-electron chi connectivity index (χ2n) is 10.6. The molecule has 2 saturated heterocycles. The summed E-state index contributed by atoms with van der Waals surface area (Å²) in [5.74, 6) is -2.71. The summed E-state index contributed by atoms with van der Waals surface area (Å²) in [6, 6.07) is 10.1. The molecule has 5 rings (SSSR count). The molecule has 0 unspecified atom stereocenters. The highest BCUT2D eigenvalue weighted by molar-refractivity contribution is 6.06. The first-order valence-electron chi connectivity index (χ1n) is 13.3. The number of benzene rings is 2. The Morgan fingerprint density at radius 1 is 1.02 bits per heavy atom. The lowest BCUT2D eigenvalue weighted by atomic mass is 9.96. The van der Waals surface area contributed by atoms with Crippen LogP contribution in [0.2, 0.25) is 0 Å². The molecule has 3 aliphatic rings. The SMILES string of the molecule is CC(C)[C@H](N)C(=O)OCOC1=C2C(=O)N3CCC[C@@H]3CN2N(C(c2ccc(F)cc2)c2ccc(F)cc2)CC1=O. The van der Waals surface area contributed by atoms with Gasteiger partial charge in [-0.1, -0.05) is 38.1 Å². The second kappa shape index (κ2) is 11.3. The van der Waals surface area contributed by atoms with E-state index < -0.39 is 42.3 Å². The number of ketones is 1. The first-order chi connectivity index (χ1) is 19.2. The van der Waals surface area contributed by atoms with Gasteiger partial charge in [0.1, 0.15) is 17.7 Å². The maximum Gasteiger partial charge on any atom is 0.326 e. The molecule has 0 aliphatic carbocycles. The molecule has 40 heavy (non-hydrogen) atoms. The molecule has 0 bridgehead atoms. The van der Waals surface area contributed by atoms with Crippen molar-refractivity contribution in [3.05, 3.63) is 82.7 Å². The fraction of sp³-hybridized carbons (Fsp3) is 0.414. The van der Waals surface area contributed by atoms with E-state index in [1.807, 2.05) is 0 Å². The zero-order valence-electron chi connectivity index (χ0n) is 22.4. The maximum absolute atomic E-state index is 13.9. The van der Waals surface area contributed by atoms with Crippen LogP contribution in [0.3, 0.4) is 0 Å². The Morgan fingerprint density at radius 3 is 2.20 bits per heavy atom. The molecule has 2 aromatic rings. The first kappa shape index (κ1) is 27.7. The molecule has 0 spiro atoms. The number of nitrogens with two attached hydrogens (primary N) is 1. The van der Waals surface area contributed by atoms with Crippen molar-refractivity contribution in [3.8, 4) is 0 Å². The lowest BCUT2D eigenvalue weighted by molar-refractivity contribution is -0.162. The van der Waals surface area contributed by atoms with Gasteiger partial charge >= 0.3 is 5.97 Å². The van der Waals surface area contributed by atoms with E-state index in [1.165, 1.54) is 24.3 Å². The molecule has 0 aromatic heterocycles. The van der Waals surface area contributed by atoms with Gasteiger partial charge in [0.05, 0.1) is 25.2 Å². The second-order valence-corrected chi connectivity index (χ2v) is 10.6. The molecular formula is C29H32F2N4O5. The first-order valence-corrected chi connectivity index (χ1v) is 13.3. The number of rotatable bonds is 8. The molecular weight excluding hydrogens is 522 g/mol. The van der Waals surface area contributed by atoms with Crippen molar-refractivity contribution in [2.45, 2.75) is 44.8 Å². The lowest BCUT2D eigenvalue weighted by Crippen LogP contribution is -2.62. The molecule has 11 heteroatoms. The minimum Gasteiger partial charge on any atom is -0.451 e. The largest absolute Gasteiger partial charge is 0.451 e. The summed E-state index contributed by atoms with van der Waals surface area (Å²) in [5.41, 5.74) is 7.20. The van der Waals surface area contributed by atoms with Crippen LogP contribution in [-0.2, 0) is 23.9 Å². The van der Waals surface area contributed by atoms with Crippen molar-refractivity contribution in [3.63, 3.8) is 0 Å². The molecule has 3 heterocycles. The van der Waals surface area contributed by atoms with Crippen molar-refractivity contribution in [1.82, 2.24) is 14.9 Å². The number of carbonyl (C=O) groups is 3. The van der Waals surface area contributed by atoms with Crippen molar-refractivity contribution >= 4 is 17.7 Å². The molecule has 0 radical (unpaired) electrons. The predicted octanol–water partition coefficient (Wildman–Crippen LogP) is 2.87. The number of halogens is 2. The summed E-state index contributed by atoms with van der Waals surface area (Å²) in [6.07, 6.45) is 1.63. The van der Waals surface area contributed by atoms with Crippen LogP contribution < -0.4 is 5.73 Å². The number of Topliss-reactive ketones (excluding diaryl/α,β-unsaturated/α-hetero) is 1. The van der Waals surface area contributed by atoms with Crippen LogP contribution >= 0.6 is 0 Å². The standard InChI is InChI=1S/C29H32F2N4O5/c1-17(2)24(32)29(38)40-16-39-27-23(36)15-35(34-14-22-4-3-13-33(22)28(37)26(27)34)25(18-5-9-20(30)10-6-18)19-7-11-21(31)12-8-19/h5-12,17,22,24-25H,3-4,13-16,32H2,1-2H3/t22-,24+/m1/s1. The van der Waals surface area contributed by atoms with Gasteiger partial charge in [0.15, 0.2) is 11.5 Å². The van der Waals surface area contributed by atoms with Gasteiger partial charge in [-0.05, 0) is 54.2 Å². The highest BCUT2D eigenvalue weighted by Gasteiger charge is 2.49. The topological polar surface area (TPSA) is 105 Å². The van der Waals surface area contributed by atoms with Crippen molar-refractivity contribution in [2.24, 2.45) is 11.7 Å². The Labute approximate surface area is 231 Å². The summed E-state index contributed by atoms with van der Waals surface area (Å²) in [5, 5.41) is 3.49. The van der Waals surface area contributed by atoms with Crippen LogP contribution in [0.25, 0.3) is 0 Å². The number of fused-ring (bicyclic) bond motifs is 2. The van der Waals surface area contributed by atoms with Gasteiger partial charge in [-0.2, -0.15) is 0 Å². The van der Waals surface area contributed by atoms with Crippen LogP contribution in [-0.4, -0.2) is 71.1 Å². The number of amides is 1. The van der Waals surface area contributed by atoms with Gasteiger partial charge in [0.2, 0.25) is 12.6 Å². The van der Waals surface area contributed by atoms with Crippen LogP contribution in [0.4, 0.5) is 8.78 Å². The fourth-order valence-corrected chi connectivity index (χ4v) is 5.44. The van der Waals surface area contributed by atoms with Crippen LogP contribution in [0.1, 0.15) is 43.9 Å². The number of ether oxygens (including phenoxy) is 2. The van der Waals surface area contributed by atoms with Gasteiger partial charge in [0.25, 0.3) is 5.91 Å². The molecule has 3 aliphatic heterocycles.